The average Bonchev–Trinajstić information content (AvgIpc) is 3.06. The number of aliphatic hydroxyl groups excluding tert-OH is 1. The minimum absolute atomic E-state index is 0.0468. The summed E-state index contributed by atoms with van der Waals surface area (Å²) in [5.74, 6) is -1.18. The Balaban J connectivity index is 4.21. The van der Waals surface area contributed by atoms with E-state index in [0.717, 1.165) is 51.4 Å². The second-order valence-electron chi connectivity index (χ2n) is 12.5. The van der Waals surface area contributed by atoms with Gasteiger partial charge in [0.15, 0.2) is 0 Å². The predicted octanol–water partition coefficient (Wildman–Crippen LogP) is 11.0. The number of carbonyl (C=O) groups excluding carboxylic acids is 1. The van der Waals surface area contributed by atoms with E-state index in [0.29, 0.717) is 12.8 Å². The Bertz CT molecular complexity index is 1130. The summed E-state index contributed by atoms with van der Waals surface area (Å²) in [7, 11) is -4.39. The highest BCUT2D eigenvalue weighted by Gasteiger charge is 2.24. The first-order chi connectivity index (χ1) is 23.8. The minimum Gasteiger partial charge on any atom is -0.387 e. The maximum atomic E-state index is 12.4. The second-order valence-corrected chi connectivity index (χ2v) is 14.0. The van der Waals surface area contributed by atoms with Gasteiger partial charge in [-0.3, -0.25) is 9.35 Å². The van der Waals surface area contributed by atoms with Crippen molar-refractivity contribution in [2.24, 2.45) is 0 Å². The highest BCUT2D eigenvalue weighted by molar-refractivity contribution is 7.85. The topological polar surface area (TPSA) is 104 Å². The lowest BCUT2D eigenvalue weighted by Gasteiger charge is -2.20. The van der Waals surface area contributed by atoms with Crippen LogP contribution in [-0.2, 0) is 14.9 Å². The van der Waals surface area contributed by atoms with Gasteiger partial charge in [-0.05, 0) is 70.6 Å². The molecule has 6 nitrogen and oxygen atoms in total. The van der Waals surface area contributed by atoms with Crippen LogP contribution in [0.4, 0.5) is 0 Å². The van der Waals surface area contributed by atoms with Gasteiger partial charge in [0.25, 0.3) is 10.1 Å². The first kappa shape index (κ1) is 46.3. The van der Waals surface area contributed by atoms with E-state index < -0.39 is 33.9 Å². The Morgan fingerprint density at radius 3 is 1.49 bits per heavy atom. The monoisotopic (exact) mass is 699 g/mol. The number of aliphatic hydroxyl groups is 1. The highest BCUT2D eigenvalue weighted by Crippen LogP contribution is 2.11. The number of unbranched alkanes of at least 4 members (excludes halogenated alkanes) is 11. The summed E-state index contributed by atoms with van der Waals surface area (Å²) in [6.45, 7) is 4.38. The molecule has 0 aromatic heterocycles. The van der Waals surface area contributed by atoms with Crippen molar-refractivity contribution in [1.82, 2.24) is 5.32 Å². The Morgan fingerprint density at radius 1 is 0.571 bits per heavy atom. The lowest BCUT2D eigenvalue weighted by molar-refractivity contribution is -0.121. The van der Waals surface area contributed by atoms with Crippen LogP contribution in [0.5, 0.6) is 0 Å². The van der Waals surface area contributed by atoms with Crippen molar-refractivity contribution in [1.29, 1.82) is 0 Å². The smallest absolute Gasteiger partial charge is 0.267 e. The molecular formula is C42H69NO5S. The lowest BCUT2D eigenvalue weighted by atomic mass is 10.1. The zero-order valence-corrected chi connectivity index (χ0v) is 31.6. The lowest BCUT2D eigenvalue weighted by Crippen LogP contribution is -2.46. The van der Waals surface area contributed by atoms with Crippen LogP contribution < -0.4 is 5.32 Å². The summed E-state index contributed by atoms with van der Waals surface area (Å²) in [6.07, 6.45) is 52.7. The third-order valence-electron chi connectivity index (χ3n) is 7.75. The first-order valence-corrected chi connectivity index (χ1v) is 20.5. The molecule has 0 aromatic carbocycles. The molecule has 2 unspecified atom stereocenters. The molecule has 0 aromatic rings. The standard InChI is InChI=1S/C42H69NO5S/c1-3-5-7-9-11-13-15-17-19-20-21-22-24-25-27-29-31-33-35-37-41(44)40(39-49(46,47)48)43-42(45)38-36-34-32-30-28-26-23-18-16-14-12-10-8-6-4-2/h6,8,12,14,18,21-23,27-30,34-37,40-41,44H,3-5,7,9-11,13,15-17,19-20,24-26,31-33,38-39H2,1-2H3,(H,43,45)(H,46,47,48)/b8-6-,14-12-,22-21+,23-18-,29-27+,30-28-,36-34-,37-35+. The van der Waals surface area contributed by atoms with E-state index in [1.165, 1.54) is 63.9 Å². The SMILES string of the molecule is CC/C=C\C/C=C\C/C=C\C/C=C\C/C=C\CC(=O)NC(CS(=O)(=O)O)C(O)/C=C/CC/C=C/CC/C=C/CCCCCCCCCCC. The van der Waals surface area contributed by atoms with Gasteiger partial charge in [-0.1, -0.05) is 162 Å². The Morgan fingerprint density at radius 2 is 1.00 bits per heavy atom. The van der Waals surface area contributed by atoms with Crippen LogP contribution in [0.25, 0.3) is 0 Å². The molecule has 0 spiro atoms. The number of rotatable bonds is 32. The largest absolute Gasteiger partial charge is 0.387 e. The molecule has 1 amide bonds. The quantitative estimate of drug-likeness (QED) is 0.0368. The van der Waals surface area contributed by atoms with E-state index in [-0.39, 0.29) is 6.42 Å². The van der Waals surface area contributed by atoms with Crippen molar-refractivity contribution in [3.63, 3.8) is 0 Å². The van der Waals surface area contributed by atoms with Crippen molar-refractivity contribution in [2.75, 3.05) is 5.75 Å². The normalized spacial score (nSPS) is 14.4. The van der Waals surface area contributed by atoms with Crippen LogP contribution in [0.2, 0.25) is 0 Å². The third kappa shape index (κ3) is 36.4. The molecule has 0 heterocycles. The molecule has 7 heteroatoms. The van der Waals surface area contributed by atoms with Crippen LogP contribution in [0.1, 0.15) is 142 Å². The van der Waals surface area contributed by atoms with E-state index >= 15 is 0 Å². The van der Waals surface area contributed by atoms with Crippen molar-refractivity contribution >= 4 is 16.0 Å². The summed E-state index contributed by atoms with van der Waals surface area (Å²) in [4.78, 5) is 12.4. The van der Waals surface area contributed by atoms with Crippen LogP contribution in [0, 0.1) is 0 Å². The summed E-state index contributed by atoms with van der Waals surface area (Å²) in [5, 5.41) is 13.1. The van der Waals surface area contributed by atoms with E-state index in [4.69, 9.17) is 0 Å². The van der Waals surface area contributed by atoms with Gasteiger partial charge in [0.05, 0.1) is 17.9 Å². The van der Waals surface area contributed by atoms with Gasteiger partial charge in [0.2, 0.25) is 5.91 Å². The van der Waals surface area contributed by atoms with Crippen molar-refractivity contribution in [2.45, 2.75) is 154 Å². The first-order valence-electron chi connectivity index (χ1n) is 18.9. The molecule has 2 atom stereocenters. The zero-order chi connectivity index (χ0) is 36.1. The Labute approximate surface area is 300 Å². The van der Waals surface area contributed by atoms with Crippen molar-refractivity contribution in [3.8, 4) is 0 Å². The molecule has 0 rings (SSSR count). The summed E-state index contributed by atoms with van der Waals surface area (Å²) >= 11 is 0. The summed E-state index contributed by atoms with van der Waals surface area (Å²) in [6, 6.07) is -1.14. The number of hydrogen-bond acceptors (Lipinski definition) is 4. The van der Waals surface area contributed by atoms with E-state index in [2.05, 4.69) is 86.0 Å². The molecule has 0 radical (unpaired) electrons. The zero-order valence-electron chi connectivity index (χ0n) is 30.8. The third-order valence-corrected chi connectivity index (χ3v) is 8.53. The summed E-state index contributed by atoms with van der Waals surface area (Å²) in [5.41, 5.74) is 0. The van der Waals surface area contributed by atoms with Gasteiger partial charge >= 0.3 is 0 Å². The molecule has 0 bridgehead atoms. The van der Waals surface area contributed by atoms with Gasteiger partial charge < -0.3 is 10.4 Å². The molecule has 49 heavy (non-hydrogen) atoms. The second kappa shape index (κ2) is 35.1. The number of hydrogen-bond donors (Lipinski definition) is 3. The van der Waals surface area contributed by atoms with E-state index in [1.54, 1.807) is 12.2 Å². The Kier molecular flexibility index (Phi) is 33.1. The van der Waals surface area contributed by atoms with Crippen LogP contribution in [0.15, 0.2) is 97.2 Å². The number of nitrogens with one attached hydrogen (secondary N) is 1. The molecule has 0 aliphatic rings. The van der Waals surface area contributed by atoms with Gasteiger partial charge in [0.1, 0.15) is 0 Å². The maximum Gasteiger partial charge on any atom is 0.267 e. The van der Waals surface area contributed by atoms with Crippen molar-refractivity contribution < 1.29 is 22.9 Å². The molecule has 3 N–H and O–H groups in total. The van der Waals surface area contributed by atoms with Gasteiger partial charge in [-0.15, -0.1) is 0 Å². The van der Waals surface area contributed by atoms with Crippen LogP contribution >= 0.6 is 0 Å². The number of amides is 1. The summed E-state index contributed by atoms with van der Waals surface area (Å²) < 4.78 is 32.4. The van der Waals surface area contributed by atoms with Crippen LogP contribution in [0.3, 0.4) is 0 Å². The molecule has 0 fully saturated rings. The van der Waals surface area contributed by atoms with Gasteiger partial charge in [0, 0.05) is 6.42 Å². The fourth-order valence-electron chi connectivity index (χ4n) is 4.96. The maximum absolute atomic E-state index is 12.4. The van der Waals surface area contributed by atoms with Crippen LogP contribution in [-0.4, -0.2) is 41.9 Å². The number of allylic oxidation sites excluding steroid dienone is 14. The fraction of sp³-hybridized carbons (Fsp3) is 0.595. The highest BCUT2D eigenvalue weighted by atomic mass is 32.2. The minimum atomic E-state index is -4.39. The fourth-order valence-corrected chi connectivity index (χ4v) is 5.69. The molecule has 278 valence electrons. The molecule has 0 aliphatic carbocycles. The predicted molar refractivity (Wildman–Crippen MR) is 211 cm³/mol. The molecular weight excluding hydrogens is 631 g/mol. The Hall–Kier alpha value is -2.74. The molecule has 0 saturated carbocycles. The molecule has 0 saturated heterocycles. The van der Waals surface area contributed by atoms with Gasteiger partial charge in [-0.2, -0.15) is 8.42 Å². The molecule has 0 aliphatic heterocycles. The van der Waals surface area contributed by atoms with E-state index in [1.807, 2.05) is 12.2 Å². The van der Waals surface area contributed by atoms with E-state index in [9.17, 15) is 22.9 Å². The average molecular weight is 700 g/mol. The van der Waals surface area contributed by atoms with Gasteiger partial charge in [-0.25, -0.2) is 0 Å². The number of carbonyl (C=O) groups is 1. The van der Waals surface area contributed by atoms with Crippen molar-refractivity contribution in [3.05, 3.63) is 97.2 Å².